The molecule has 8 nitrogen and oxygen atoms in total. The number of nitrogens with zero attached hydrogens (tertiary/aromatic N) is 3. The minimum absolute atomic E-state index is 0.0290. The molecule has 2 aromatic carbocycles. The van der Waals surface area contributed by atoms with Gasteiger partial charge in [-0.3, -0.25) is 9.59 Å². The fraction of sp³-hybridized carbons (Fsp3) is 0.357. The van der Waals surface area contributed by atoms with Gasteiger partial charge in [0.2, 0.25) is 15.5 Å². The Bertz CT molecular complexity index is 1400. The van der Waals surface area contributed by atoms with Crippen LogP contribution < -0.4 is 10.7 Å². The molecular weight excluding hydrogens is 488 g/mol. The summed E-state index contributed by atoms with van der Waals surface area (Å²) in [6.45, 7) is 10.1. The Kier molecular flexibility index (Phi) is 9.79. The van der Waals surface area contributed by atoms with Crippen LogP contribution in [0.3, 0.4) is 0 Å². The number of likely N-dealkylation sites (N-methyl/N-ethyl adjacent to an activating group) is 1. The second kappa shape index (κ2) is 12.8. The van der Waals surface area contributed by atoms with Crippen LogP contribution in [0.2, 0.25) is 0 Å². The quantitative estimate of drug-likeness (QED) is 0.347. The molecule has 0 bridgehead atoms. The van der Waals surface area contributed by atoms with Crippen molar-refractivity contribution in [1.82, 2.24) is 19.1 Å². The lowest BCUT2D eigenvalue weighted by molar-refractivity contribution is 0.0948. The topological polar surface area (TPSA) is 91.7 Å². The van der Waals surface area contributed by atoms with Gasteiger partial charge in [0.1, 0.15) is 5.56 Å². The number of rotatable bonds is 13. The van der Waals surface area contributed by atoms with Crippen molar-refractivity contribution in [2.75, 3.05) is 39.8 Å². The molecule has 1 aromatic heterocycles. The van der Waals surface area contributed by atoms with Crippen LogP contribution in [-0.4, -0.2) is 67.9 Å². The van der Waals surface area contributed by atoms with E-state index in [1.807, 2.05) is 25.2 Å². The Morgan fingerprint density at radius 1 is 1.08 bits per heavy atom. The lowest BCUT2D eigenvalue weighted by atomic mass is 10.1. The number of fused-ring (bicyclic) bond motifs is 1. The summed E-state index contributed by atoms with van der Waals surface area (Å²) >= 11 is 0. The van der Waals surface area contributed by atoms with Crippen molar-refractivity contribution in [3.8, 4) is 0 Å². The number of allylic oxidation sites excluding steroid dienone is 1. The SMILES string of the molecule is C=CCn1cc(C(=O)NCCN(C)CCc2ccccc2)c(=O)c2cc(S(=O)(=O)N(CC)CC)ccc21. The van der Waals surface area contributed by atoms with Crippen LogP contribution in [0.4, 0.5) is 0 Å². The van der Waals surface area contributed by atoms with E-state index in [1.165, 1.54) is 28.2 Å². The maximum absolute atomic E-state index is 13.4. The number of benzene rings is 2. The zero-order valence-corrected chi connectivity index (χ0v) is 22.6. The average Bonchev–Trinajstić information content (AvgIpc) is 2.90. The van der Waals surface area contributed by atoms with Gasteiger partial charge in [0.05, 0.1) is 10.4 Å². The number of hydrogen-bond donors (Lipinski definition) is 1. The third kappa shape index (κ3) is 6.74. The summed E-state index contributed by atoms with van der Waals surface area (Å²) < 4.78 is 29.2. The Labute approximate surface area is 219 Å². The van der Waals surface area contributed by atoms with E-state index >= 15 is 0 Å². The molecule has 0 spiro atoms. The Morgan fingerprint density at radius 2 is 1.78 bits per heavy atom. The zero-order chi connectivity index (χ0) is 27.0. The molecule has 0 fully saturated rings. The minimum Gasteiger partial charge on any atom is -0.351 e. The highest BCUT2D eigenvalue weighted by Crippen LogP contribution is 2.21. The monoisotopic (exact) mass is 524 g/mol. The zero-order valence-electron chi connectivity index (χ0n) is 21.8. The summed E-state index contributed by atoms with van der Waals surface area (Å²) in [6.07, 6.45) is 4.08. The lowest BCUT2D eigenvalue weighted by Crippen LogP contribution is -2.36. The number of carbonyl (C=O) groups is 1. The minimum atomic E-state index is -3.76. The molecule has 0 aliphatic carbocycles. The molecule has 0 unspecified atom stereocenters. The number of aromatic nitrogens is 1. The van der Waals surface area contributed by atoms with E-state index in [2.05, 4.69) is 28.9 Å². The molecule has 0 aliphatic heterocycles. The van der Waals surface area contributed by atoms with E-state index in [1.54, 1.807) is 30.6 Å². The summed E-state index contributed by atoms with van der Waals surface area (Å²) in [6, 6.07) is 14.7. The predicted molar refractivity (Wildman–Crippen MR) is 148 cm³/mol. The van der Waals surface area contributed by atoms with E-state index in [9.17, 15) is 18.0 Å². The first-order valence-corrected chi connectivity index (χ1v) is 14.0. The van der Waals surface area contributed by atoms with Gasteiger partial charge in [-0.05, 0) is 37.2 Å². The Balaban J connectivity index is 1.81. The second-order valence-electron chi connectivity index (χ2n) is 8.88. The standard InChI is InChI=1S/C28H36N4O4S/c1-5-17-31-21-25(28(34)29-16-19-30(4)18-15-22-11-9-8-10-12-22)27(33)24-20-23(13-14-26(24)31)37(35,36)32(6-2)7-3/h5,8-14,20-21H,1,6-7,15-19H2,2-4H3,(H,29,34). The van der Waals surface area contributed by atoms with Crippen LogP contribution in [0.25, 0.3) is 10.9 Å². The summed E-state index contributed by atoms with van der Waals surface area (Å²) in [5.41, 5.74) is 1.26. The normalized spacial score (nSPS) is 11.8. The molecule has 3 rings (SSSR count). The van der Waals surface area contributed by atoms with Gasteiger partial charge in [-0.15, -0.1) is 6.58 Å². The number of amides is 1. The van der Waals surface area contributed by atoms with Gasteiger partial charge in [0, 0.05) is 50.9 Å². The van der Waals surface area contributed by atoms with Gasteiger partial charge >= 0.3 is 0 Å². The molecule has 0 atom stereocenters. The molecular formula is C28H36N4O4S. The first kappa shape index (κ1) is 28.3. The summed E-state index contributed by atoms with van der Waals surface area (Å²) in [7, 11) is -1.77. The van der Waals surface area contributed by atoms with Gasteiger partial charge in [0.15, 0.2) is 0 Å². The van der Waals surface area contributed by atoms with E-state index < -0.39 is 21.4 Å². The highest BCUT2D eigenvalue weighted by molar-refractivity contribution is 7.89. The highest BCUT2D eigenvalue weighted by Gasteiger charge is 2.23. The first-order chi connectivity index (χ1) is 17.7. The highest BCUT2D eigenvalue weighted by atomic mass is 32.2. The Morgan fingerprint density at radius 3 is 2.43 bits per heavy atom. The van der Waals surface area contributed by atoms with E-state index in [4.69, 9.17) is 0 Å². The second-order valence-corrected chi connectivity index (χ2v) is 10.8. The third-order valence-corrected chi connectivity index (χ3v) is 8.42. The smallest absolute Gasteiger partial charge is 0.256 e. The van der Waals surface area contributed by atoms with Crippen molar-refractivity contribution in [3.05, 3.63) is 88.7 Å². The molecule has 1 heterocycles. The molecule has 1 N–H and O–H groups in total. The summed E-state index contributed by atoms with van der Waals surface area (Å²) in [4.78, 5) is 28.5. The molecule has 3 aromatic rings. The van der Waals surface area contributed by atoms with Crippen molar-refractivity contribution in [2.45, 2.75) is 31.7 Å². The van der Waals surface area contributed by atoms with Crippen LogP contribution in [0.15, 0.2) is 77.1 Å². The predicted octanol–water partition coefficient (Wildman–Crippen LogP) is 3.12. The van der Waals surface area contributed by atoms with E-state index in [0.717, 1.165) is 13.0 Å². The van der Waals surface area contributed by atoms with Gasteiger partial charge in [-0.1, -0.05) is 50.3 Å². The maximum atomic E-state index is 13.4. The number of hydrogen-bond acceptors (Lipinski definition) is 5. The average molecular weight is 525 g/mol. The van der Waals surface area contributed by atoms with E-state index in [0.29, 0.717) is 38.2 Å². The number of carbonyl (C=O) groups excluding carboxylic acids is 1. The van der Waals surface area contributed by atoms with Crippen molar-refractivity contribution in [1.29, 1.82) is 0 Å². The first-order valence-electron chi connectivity index (χ1n) is 12.5. The third-order valence-electron chi connectivity index (χ3n) is 6.37. The van der Waals surface area contributed by atoms with Gasteiger partial charge in [0.25, 0.3) is 5.91 Å². The van der Waals surface area contributed by atoms with Crippen LogP contribution in [0.5, 0.6) is 0 Å². The lowest BCUT2D eigenvalue weighted by Gasteiger charge is -2.19. The number of pyridine rings is 1. The molecule has 198 valence electrons. The fourth-order valence-corrected chi connectivity index (χ4v) is 5.72. The summed E-state index contributed by atoms with van der Waals surface area (Å²) in [5.74, 6) is -0.488. The van der Waals surface area contributed by atoms with Crippen LogP contribution in [0, 0.1) is 0 Å². The molecule has 9 heteroatoms. The van der Waals surface area contributed by atoms with Crippen molar-refractivity contribution < 1.29 is 13.2 Å². The molecule has 37 heavy (non-hydrogen) atoms. The van der Waals surface area contributed by atoms with E-state index in [-0.39, 0.29) is 15.8 Å². The molecule has 0 saturated carbocycles. The van der Waals surface area contributed by atoms with Gasteiger partial charge < -0.3 is 14.8 Å². The van der Waals surface area contributed by atoms with Crippen LogP contribution >= 0.6 is 0 Å². The Hall–Kier alpha value is -3.27. The molecule has 1 amide bonds. The fourth-order valence-electron chi connectivity index (χ4n) is 4.23. The van der Waals surface area contributed by atoms with Gasteiger partial charge in [-0.25, -0.2) is 8.42 Å². The maximum Gasteiger partial charge on any atom is 0.256 e. The van der Waals surface area contributed by atoms with Crippen molar-refractivity contribution in [3.63, 3.8) is 0 Å². The van der Waals surface area contributed by atoms with Crippen LogP contribution in [0.1, 0.15) is 29.8 Å². The number of nitrogens with one attached hydrogen (secondary N) is 1. The number of sulfonamides is 1. The summed E-state index contributed by atoms with van der Waals surface area (Å²) in [5, 5.41) is 3.02. The molecule has 0 radical (unpaired) electrons. The van der Waals surface area contributed by atoms with Crippen molar-refractivity contribution >= 4 is 26.8 Å². The van der Waals surface area contributed by atoms with Gasteiger partial charge in [-0.2, -0.15) is 4.31 Å². The largest absolute Gasteiger partial charge is 0.351 e. The molecule has 0 saturated heterocycles. The van der Waals surface area contributed by atoms with Crippen molar-refractivity contribution in [2.24, 2.45) is 0 Å². The van der Waals surface area contributed by atoms with Crippen LogP contribution in [-0.2, 0) is 23.0 Å². The molecule has 0 aliphatic rings.